The maximum absolute atomic E-state index is 14.1. The van der Waals surface area contributed by atoms with E-state index < -0.39 is 103 Å². The molecular weight excluding hydrogens is 1730 g/mol. The number of nitrogens with one attached hydrogen (secondary N) is 8. The van der Waals surface area contributed by atoms with Gasteiger partial charge in [-0.15, -0.1) is 0 Å². The highest BCUT2D eigenvalue weighted by molar-refractivity contribution is 8.08. The first-order valence-electron chi connectivity index (χ1n) is 43.9. The fourth-order valence-electron chi connectivity index (χ4n) is 16.1. The number of aldehydes is 1. The molecule has 690 valence electrons. The molecule has 4 aliphatic heterocycles. The van der Waals surface area contributed by atoms with E-state index >= 15 is 0 Å². The molecule has 132 heavy (non-hydrogen) atoms. The molecule has 5 aliphatic rings. The van der Waals surface area contributed by atoms with Crippen molar-refractivity contribution in [3.63, 3.8) is 0 Å². The zero-order valence-electron chi connectivity index (χ0n) is 73.5. The number of carboxylic acid groups (broad SMARTS) is 1. The molecule has 6 aromatic carbocycles. The van der Waals surface area contributed by atoms with Gasteiger partial charge in [-0.3, -0.25) is 68.0 Å². The minimum absolute atomic E-state index is 0.00479. The van der Waals surface area contributed by atoms with Gasteiger partial charge >= 0.3 is 12.0 Å². The monoisotopic (exact) mass is 1830 g/mol. The van der Waals surface area contributed by atoms with E-state index in [1.165, 1.54) is 40.4 Å². The zero-order chi connectivity index (χ0) is 92.7. The first-order chi connectivity index (χ1) is 64.0. The molecule has 36 heteroatoms. The molecule has 3 aromatic heterocycles. The number of anilines is 2. The number of piperidine rings is 2. The second kappa shape index (κ2) is 45.2. The van der Waals surface area contributed by atoms with Gasteiger partial charge in [-0.25, -0.2) is 14.8 Å². The van der Waals surface area contributed by atoms with Crippen LogP contribution < -0.4 is 57.3 Å². The third kappa shape index (κ3) is 24.4. The van der Waals surface area contributed by atoms with Gasteiger partial charge in [0, 0.05) is 121 Å². The molecule has 9 N–H and O–H groups in total. The molecule has 1 unspecified atom stereocenters. The van der Waals surface area contributed by atoms with Crippen LogP contribution in [0.4, 0.5) is 16.4 Å². The maximum atomic E-state index is 14.1. The number of carboxylic acids is 1. The number of ether oxygens (including phenoxy) is 5. The van der Waals surface area contributed by atoms with E-state index in [4.69, 9.17) is 33.7 Å². The van der Waals surface area contributed by atoms with E-state index in [0.29, 0.717) is 86.4 Å². The molecule has 1 saturated carbocycles. The highest BCUT2D eigenvalue weighted by atomic mass is 32.2. The fraction of sp³-hybridized carbons (Fsp3) is 0.375. The zero-order valence-corrected chi connectivity index (χ0v) is 75.1. The lowest BCUT2D eigenvalue weighted by atomic mass is 9.87. The number of hydrogen-bond donors (Lipinski definition) is 9. The summed E-state index contributed by atoms with van der Waals surface area (Å²) < 4.78 is 32.4. The van der Waals surface area contributed by atoms with Crippen molar-refractivity contribution in [2.24, 2.45) is 7.05 Å². The van der Waals surface area contributed by atoms with E-state index in [0.717, 1.165) is 88.4 Å². The molecule has 0 radical (unpaired) electrons. The molecule has 34 nitrogen and oxygen atoms in total. The lowest BCUT2D eigenvalue weighted by Gasteiger charge is -2.45. The van der Waals surface area contributed by atoms with E-state index in [1.807, 2.05) is 121 Å². The van der Waals surface area contributed by atoms with Crippen molar-refractivity contribution < 1.29 is 81.5 Å². The predicted molar refractivity (Wildman–Crippen MR) is 495 cm³/mol. The number of thioether (sulfide) groups is 2. The number of methoxy groups -OCH3 is 1. The van der Waals surface area contributed by atoms with E-state index in [1.54, 1.807) is 66.3 Å². The topological polar surface area (TPSA) is 418 Å². The fourth-order valence-corrected chi connectivity index (χ4v) is 18.2. The molecule has 14 rings (SSSR count). The van der Waals surface area contributed by atoms with Gasteiger partial charge in [-0.05, 0) is 123 Å². The summed E-state index contributed by atoms with van der Waals surface area (Å²) in [5.74, 6) is 1.59. The first-order valence-corrected chi connectivity index (χ1v) is 45.5. The number of hydrogen-bond acceptors (Lipinski definition) is 25. The largest absolute Gasteiger partial charge is 0.495 e. The number of carbonyl (C=O) groups excluding carboxylic acids is 10. The van der Waals surface area contributed by atoms with E-state index in [9.17, 15) is 62.6 Å². The van der Waals surface area contributed by atoms with Crippen LogP contribution in [-0.2, 0) is 86.0 Å². The molecule has 1 aliphatic carbocycles. The number of fused-ring (bicyclic) bond motifs is 2. The van der Waals surface area contributed by atoms with Crippen molar-refractivity contribution in [1.29, 1.82) is 0 Å². The maximum Gasteiger partial charge on any atom is 0.332 e. The Hall–Kier alpha value is -13.0. The predicted octanol–water partition coefficient (Wildman–Crippen LogP) is 6.88. The number of H-pyrrole nitrogens is 1. The smallest absolute Gasteiger partial charge is 0.332 e. The number of pyridine rings is 1. The summed E-state index contributed by atoms with van der Waals surface area (Å²) in [6.07, 6.45) is 8.33. The molecule has 0 bridgehead atoms. The third-order valence-electron chi connectivity index (χ3n) is 23.6. The van der Waals surface area contributed by atoms with Gasteiger partial charge in [0.05, 0.1) is 112 Å². The summed E-state index contributed by atoms with van der Waals surface area (Å²) in [4.78, 5) is 182. The van der Waals surface area contributed by atoms with Gasteiger partial charge in [0.25, 0.3) is 17.4 Å². The average molecular weight is 1840 g/mol. The van der Waals surface area contributed by atoms with Crippen LogP contribution in [-0.4, -0.2) is 254 Å². The molecule has 9 aromatic rings. The number of amides is 10. The van der Waals surface area contributed by atoms with Crippen LogP contribution in [0.2, 0.25) is 0 Å². The quantitative estimate of drug-likeness (QED) is 0.00618. The summed E-state index contributed by atoms with van der Waals surface area (Å²) in [7, 11) is 3.19. The molecule has 3 atom stereocenters. The molecule has 7 heterocycles. The number of rotatable bonds is 44. The highest BCUT2D eigenvalue weighted by Crippen LogP contribution is 2.46. The number of aryl methyl sites for hydroxylation is 1. The Labute approximate surface area is 770 Å². The van der Waals surface area contributed by atoms with Gasteiger partial charge in [0.1, 0.15) is 36.4 Å². The molecular formula is C96H106N16O18S2. The van der Waals surface area contributed by atoms with E-state index in [2.05, 4.69) is 70.8 Å². The summed E-state index contributed by atoms with van der Waals surface area (Å²) in [6, 6.07) is 47.5. The van der Waals surface area contributed by atoms with Gasteiger partial charge in [0.2, 0.25) is 41.4 Å². The van der Waals surface area contributed by atoms with Crippen molar-refractivity contribution in [1.82, 2.24) is 71.4 Å². The Morgan fingerprint density at radius 2 is 1.33 bits per heavy atom. The van der Waals surface area contributed by atoms with Crippen molar-refractivity contribution in [3.05, 3.63) is 219 Å². The van der Waals surface area contributed by atoms with Gasteiger partial charge in [-0.1, -0.05) is 138 Å². The van der Waals surface area contributed by atoms with Crippen LogP contribution in [0.5, 0.6) is 5.75 Å². The second-order valence-electron chi connectivity index (χ2n) is 32.8. The number of benzene rings is 6. The summed E-state index contributed by atoms with van der Waals surface area (Å²) >= 11 is 2.48. The highest BCUT2D eigenvalue weighted by Gasteiger charge is 2.46. The average Bonchev–Trinajstić information content (AvgIpc) is 1.10. The Morgan fingerprint density at radius 3 is 2.01 bits per heavy atom. The number of aromatic amines is 1. The number of aromatic nitrogens is 4. The van der Waals surface area contributed by atoms with Crippen LogP contribution in [0.25, 0.3) is 32.9 Å². The Bertz CT molecular complexity index is 5780. The standard InChI is InChI=1S/C96H106N16O18S2/c1-95(103-40-16-19-64-26-31-78(126-3)77(54-64)110-44-35-83(118)112(94(110)125)61-101-75(36-48-113)92(123)124)38-45-108(46-39-95)67-33-42-109(43-34-67)93-105-74-30-27-65(73-59-107(2)89(120)84-71(73)32-41-97-84)55-72(74)87(106-93)96(130-68-28-29-68,66-20-10-5-11-21-66)60-129-62-102-81(116)57-100-88(119)76(53-63-17-8-4-9-18-63)104-82(117)58-99-80(115)56-98-79(114)37-49-127-51-52-128-50-47-111-90(121)85(131-69-22-12-6-13-23-69)86(91(111)122)132-70-24-14-7-15-25-70/h4-15,17-18,20-27,30-32,41,48,54-55,59,67-68,75-76,97,101,103H,28-29,33-40,42-47,49-53,56-58,60-62H2,1-3H3,(H,98,114)(H,99,115)(H,100,119)(H,102,116)(H,104,117)(H,123,124)/t75?,76-,96-/m0/s1. The molecule has 10 amide bonds. The normalized spacial score (nSPS) is 16.3. The van der Waals surface area contributed by atoms with E-state index in [-0.39, 0.29) is 102 Å². The van der Waals surface area contributed by atoms with Crippen molar-refractivity contribution in [2.75, 3.05) is 129 Å². The second-order valence-corrected chi connectivity index (χ2v) is 34.9. The number of aliphatic carboxylic acids is 1. The van der Waals surface area contributed by atoms with Gasteiger partial charge in [-0.2, -0.15) is 0 Å². The number of imide groups is 2. The molecule has 0 spiro atoms. The summed E-state index contributed by atoms with van der Waals surface area (Å²) in [6.45, 7) is 3.56. The lowest BCUT2D eigenvalue weighted by Crippen LogP contribution is -2.56. The summed E-state index contributed by atoms with van der Waals surface area (Å²) in [5, 5.41) is 30.3. The SMILES string of the molecule is COc1ccc(C#CCNC2(C)CCN(C3CCN(c4nc([C@@](COCNC(=O)CNC(=O)[C@H](Cc5ccccc5)NC(=O)CNC(=O)CNC(=O)CCOCCOCCN5C(=O)C(Sc6ccccc6)=C(Sc6ccccc6)C5=O)(OC5CC5)c5ccccc5)c5cc(-c6cn(C)c(=O)c7[nH]ccc67)ccc5n4)CC3)CC2)cc1N1CCC(=O)N(CNC(CC=O)C(=O)O)C1=O. The molecule has 3 saturated heterocycles. The van der Waals surface area contributed by atoms with Crippen LogP contribution in [0.3, 0.4) is 0 Å². The summed E-state index contributed by atoms with van der Waals surface area (Å²) in [5.41, 5.74) is 3.84. The number of likely N-dealkylation sites (tertiary alicyclic amines) is 1. The molecule has 4 fully saturated rings. The minimum Gasteiger partial charge on any atom is -0.495 e. The first kappa shape index (κ1) is 95.1. The Balaban J connectivity index is 0.566. The van der Waals surface area contributed by atoms with Crippen molar-refractivity contribution >= 4 is 123 Å². The van der Waals surface area contributed by atoms with Crippen molar-refractivity contribution in [3.8, 4) is 28.7 Å². The van der Waals surface area contributed by atoms with Crippen LogP contribution in [0, 0.1) is 11.8 Å². The van der Waals surface area contributed by atoms with Gasteiger partial charge < -0.3 is 84.8 Å². The third-order valence-corrected chi connectivity index (χ3v) is 25.9. The van der Waals surface area contributed by atoms with Crippen LogP contribution in [0.15, 0.2) is 201 Å². The van der Waals surface area contributed by atoms with Crippen LogP contribution >= 0.6 is 23.5 Å². The number of urea groups is 1. The Morgan fingerprint density at radius 1 is 0.682 bits per heavy atom. The lowest BCUT2D eigenvalue weighted by molar-refractivity contribution is -0.141. The number of carbonyl (C=O) groups is 11. The number of nitrogens with zero attached hydrogens (tertiary/aromatic N) is 8. The van der Waals surface area contributed by atoms with Crippen molar-refractivity contribution in [2.45, 2.75) is 116 Å². The Kier molecular flexibility index (Phi) is 32.6. The van der Waals surface area contributed by atoms with Crippen LogP contribution in [0.1, 0.15) is 87.1 Å². The van der Waals surface area contributed by atoms with Gasteiger partial charge in [0.15, 0.2) is 5.60 Å². The minimum atomic E-state index is -1.42.